The number of aliphatic imine (C=N–C) groups is 1. The molecule has 0 atom stereocenters. The van der Waals surface area contributed by atoms with Crippen molar-refractivity contribution in [3.8, 4) is 5.75 Å². The van der Waals surface area contributed by atoms with E-state index in [1.165, 1.54) is 11.8 Å². The van der Waals surface area contributed by atoms with E-state index in [2.05, 4.69) is 16.4 Å². The zero-order chi connectivity index (χ0) is 26.7. The molecule has 7 heteroatoms. The molecule has 0 bridgehead atoms. The van der Waals surface area contributed by atoms with Crippen LogP contribution in [0.25, 0.3) is 6.08 Å². The number of carbonyl (C=O) groups is 2. The number of thioether (sulfide) groups is 1. The molecule has 2 amide bonds. The first-order valence-electron chi connectivity index (χ1n) is 12.0. The van der Waals surface area contributed by atoms with Crippen LogP contribution >= 0.6 is 11.8 Å². The van der Waals surface area contributed by atoms with Crippen LogP contribution in [0, 0.1) is 34.6 Å². The molecule has 190 valence electrons. The van der Waals surface area contributed by atoms with Gasteiger partial charge in [-0.3, -0.25) is 14.5 Å². The molecule has 0 spiro atoms. The number of nitrogens with one attached hydrogen (secondary N) is 1. The molecule has 0 radical (unpaired) electrons. The third-order valence-electron chi connectivity index (χ3n) is 5.99. The van der Waals surface area contributed by atoms with Gasteiger partial charge in [0.05, 0.1) is 18.6 Å². The first-order valence-corrected chi connectivity index (χ1v) is 13.0. The Bertz CT molecular complexity index is 1380. The smallest absolute Gasteiger partial charge is 0.283 e. The highest BCUT2D eigenvalue weighted by atomic mass is 32.2. The summed E-state index contributed by atoms with van der Waals surface area (Å²) in [6, 6.07) is 17.5. The number of aryl methyl sites for hydroxylation is 5. The predicted octanol–water partition coefficient (Wildman–Crippen LogP) is 6.35. The summed E-state index contributed by atoms with van der Waals surface area (Å²) in [5, 5.41) is 3.51. The van der Waals surface area contributed by atoms with E-state index in [4.69, 9.17) is 4.74 Å². The molecule has 1 aliphatic heterocycles. The van der Waals surface area contributed by atoms with Crippen molar-refractivity contribution in [1.82, 2.24) is 0 Å². The van der Waals surface area contributed by atoms with Crippen molar-refractivity contribution in [1.29, 1.82) is 0 Å². The maximum absolute atomic E-state index is 13.5. The van der Waals surface area contributed by atoms with Gasteiger partial charge < -0.3 is 10.1 Å². The topological polar surface area (TPSA) is 71.0 Å². The highest BCUT2D eigenvalue weighted by molar-refractivity contribution is 8.14. The molecule has 0 unspecified atom stereocenters. The average molecular weight is 514 g/mol. The summed E-state index contributed by atoms with van der Waals surface area (Å²) in [5.41, 5.74) is 7.99. The Labute approximate surface area is 222 Å². The van der Waals surface area contributed by atoms with Crippen LogP contribution in [0.2, 0.25) is 0 Å². The lowest BCUT2D eigenvalue weighted by Crippen LogP contribution is -2.31. The minimum Gasteiger partial charge on any atom is -0.497 e. The van der Waals surface area contributed by atoms with Crippen molar-refractivity contribution in [2.24, 2.45) is 4.99 Å². The Morgan fingerprint density at radius 3 is 2.14 bits per heavy atom. The summed E-state index contributed by atoms with van der Waals surface area (Å²) >= 11 is 1.25. The van der Waals surface area contributed by atoms with Gasteiger partial charge in [0.25, 0.3) is 5.91 Å². The maximum Gasteiger partial charge on any atom is 0.283 e. The lowest BCUT2D eigenvalue weighted by molar-refractivity contribution is -0.114. The van der Waals surface area contributed by atoms with E-state index in [0.29, 0.717) is 10.9 Å². The number of hydrogen-bond donors (Lipinski definition) is 1. The molecular formula is C30H31N3O3S. The van der Waals surface area contributed by atoms with Crippen LogP contribution in [0.15, 0.2) is 65.3 Å². The highest BCUT2D eigenvalue weighted by Crippen LogP contribution is 2.31. The summed E-state index contributed by atoms with van der Waals surface area (Å²) in [6.07, 6.45) is 1.75. The van der Waals surface area contributed by atoms with Gasteiger partial charge in [-0.1, -0.05) is 47.7 Å². The Kier molecular flexibility index (Phi) is 7.83. The van der Waals surface area contributed by atoms with Gasteiger partial charge in [0.15, 0.2) is 5.17 Å². The second kappa shape index (κ2) is 11.0. The molecule has 3 aromatic carbocycles. The van der Waals surface area contributed by atoms with Gasteiger partial charge in [-0.2, -0.15) is 0 Å². The van der Waals surface area contributed by atoms with Gasteiger partial charge >= 0.3 is 0 Å². The molecule has 1 N–H and O–H groups in total. The zero-order valence-electron chi connectivity index (χ0n) is 22.0. The van der Waals surface area contributed by atoms with E-state index in [0.717, 1.165) is 50.5 Å². The molecule has 1 heterocycles. The molecule has 0 saturated carbocycles. The number of amidine groups is 1. The molecule has 37 heavy (non-hydrogen) atoms. The summed E-state index contributed by atoms with van der Waals surface area (Å²) in [4.78, 5) is 32.7. The summed E-state index contributed by atoms with van der Waals surface area (Å²) in [5.74, 6) is 0.481. The van der Waals surface area contributed by atoms with Gasteiger partial charge in [0.1, 0.15) is 11.4 Å². The third-order valence-corrected chi connectivity index (χ3v) is 6.93. The second-order valence-corrected chi connectivity index (χ2v) is 10.2. The molecule has 0 saturated heterocycles. The number of nitrogens with zero attached hydrogens (tertiary/aromatic N) is 2. The number of rotatable bonds is 6. The molecular weight excluding hydrogens is 482 g/mol. The fraction of sp³-hybridized carbons (Fsp3) is 0.233. The van der Waals surface area contributed by atoms with Crippen molar-refractivity contribution >= 4 is 46.2 Å². The maximum atomic E-state index is 13.5. The van der Waals surface area contributed by atoms with E-state index >= 15 is 0 Å². The first kappa shape index (κ1) is 26.2. The number of methoxy groups -OCH3 is 1. The van der Waals surface area contributed by atoms with Gasteiger partial charge in [-0.25, -0.2) is 4.99 Å². The van der Waals surface area contributed by atoms with Crippen LogP contribution in [0.5, 0.6) is 5.75 Å². The van der Waals surface area contributed by atoms with Crippen molar-refractivity contribution in [3.63, 3.8) is 0 Å². The molecule has 0 fully saturated rings. The number of amides is 2. The standard InChI is InChI=1S/C30H31N3O3S/c1-18-11-19(2)15-24(14-18)33-29(35)26(16-23-7-9-25(36-6)10-8-23)31-30(33)37-17-27(34)32-28-21(4)12-20(3)13-22(28)5/h7-16H,17H2,1-6H3,(H,32,34)/b26-16-. The second-order valence-electron chi connectivity index (χ2n) is 9.29. The van der Waals surface area contributed by atoms with Crippen LogP contribution in [-0.2, 0) is 9.59 Å². The molecule has 3 aromatic rings. The zero-order valence-corrected chi connectivity index (χ0v) is 22.8. The minimum atomic E-state index is -0.228. The largest absolute Gasteiger partial charge is 0.497 e. The van der Waals surface area contributed by atoms with Gasteiger partial charge in [0.2, 0.25) is 5.91 Å². The Morgan fingerprint density at radius 2 is 1.54 bits per heavy atom. The summed E-state index contributed by atoms with van der Waals surface area (Å²) in [6.45, 7) is 10.00. The number of anilines is 2. The lowest BCUT2D eigenvalue weighted by Gasteiger charge is -2.19. The van der Waals surface area contributed by atoms with E-state index < -0.39 is 0 Å². The summed E-state index contributed by atoms with van der Waals surface area (Å²) < 4.78 is 5.23. The predicted molar refractivity (Wildman–Crippen MR) is 154 cm³/mol. The van der Waals surface area contributed by atoms with Gasteiger partial charge in [-0.05, 0) is 92.8 Å². The molecule has 0 aliphatic carbocycles. The highest BCUT2D eigenvalue weighted by Gasteiger charge is 2.32. The molecule has 1 aliphatic rings. The average Bonchev–Trinajstić information content (AvgIpc) is 3.14. The Hall–Kier alpha value is -3.84. The van der Waals surface area contributed by atoms with Gasteiger partial charge in [-0.15, -0.1) is 0 Å². The van der Waals surface area contributed by atoms with E-state index in [1.54, 1.807) is 18.1 Å². The van der Waals surface area contributed by atoms with Crippen molar-refractivity contribution in [2.45, 2.75) is 34.6 Å². The van der Waals surface area contributed by atoms with E-state index in [9.17, 15) is 9.59 Å². The fourth-order valence-corrected chi connectivity index (χ4v) is 5.25. The van der Waals surface area contributed by atoms with Crippen LogP contribution in [0.3, 0.4) is 0 Å². The number of benzene rings is 3. The van der Waals surface area contributed by atoms with Crippen LogP contribution in [-0.4, -0.2) is 29.8 Å². The van der Waals surface area contributed by atoms with Crippen LogP contribution in [0.1, 0.15) is 33.4 Å². The van der Waals surface area contributed by atoms with E-state index in [1.807, 2.05) is 83.1 Å². The molecule has 4 rings (SSSR count). The lowest BCUT2D eigenvalue weighted by atomic mass is 10.1. The number of ether oxygens (including phenoxy) is 1. The molecule has 6 nitrogen and oxygen atoms in total. The van der Waals surface area contributed by atoms with Crippen LogP contribution in [0.4, 0.5) is 11.4 Å². The van der Waals surface area contributed by atoms with Crippen molar-refractivity contribution < 1.29 is 14.3 Å². The Morgan fingerprint density at radius 1 is 0.946 bits per heavy atom. The third kappa shape index (κ3) is 6.12. The van der Waals surface area contributed by atoms with Crippen molar-refractivity contribution in [3.05, 3.63) is 93.7 Å². The Balaban J connectivity index is 1.61. The fourth-order valence-electron chi connectivity index (χ4n) is 4.44. The van der Waals surface area contributed by atoms with Gasteiger partial charge in [0, 0.05) is 5.69 Å². The minimum absolute atomic E-state index is 0.121. The van der Waals surface area contributed by atoms with Crippen LogP contribution < -0.4 is 15.0 Å². The first-order chi connectivity index (χ1) is 17.6. The quantitative estimate of drug-likeness (QED) is 0.390. The monoisotopic (exact) mass is 513 g/mol. The normalized spacial score (nSPS) is 14.2. The summed E-state index contributed by atoms with van der Waals surface area (Å²) in [7, 11) is 1.61. The van der Waals surface area contributed by atoms with E-state index in [-0.39, 0.29) is 17.6 Å². The van der Waals surface area contributed by atoms with Crippen molar-refractivity contribution in [2.75, 3.05) is 23.1 Å². The number of hydrogen-bond acceptors (Lipinski definition) is 5. The molecule has 0 aromatic heterocycles. The number of carbonyl (C=O) groups excluding carboxylic acids is 2. The SMILES string of the molecule is COc1ccc(/C=C2\N=C(SCC(=O)Nc3c(C)cc(C)cc3C)N(c3cc(C)cc(C)c3)C2=O)cc1.